The Kier molecular flexibility index (Phi) is 6.52. The van der Waals surface area contributed by atoms with Gasteiger partial charge in [0, 0.05) is 19.7 Å². The fraction of sp³-hybridized carbons (Fsp3) is 0.923. The summed E-state index contributed by atoms with van der Waals surface area (Å²) in [5.74, 6) is 0.461. The lowest BCUT2D eigenvalue weighted by Gasteiger charge is -2.22. The molecule has 1 fully saturated rings. The first-order valence-electron chi connectivity index (χ1n) is 6.54. The van der Waals surface area contributed by atoms with E-state index in [2.05, 4.69) is 23.9 Å². The predicted octanol–water partition coefficient (Wildman–Crippen LogP) is 2.15. The lowest BCUT2D eigenvalue weighted by molar-refractivity contribution is 0.0676. The van der Waals surface area contributed by atoms with Crippen LogP contribution in [0.25, 0.3) is 0 Å². The second-order valence-electron chi connectivity index (χ2n) is 5.01. The predicted molar refractivity (Wildman–Crippen MR) is 70.4 cm³/mol. The molecule has 0 aromatic rings. The molecule has 0 amide bonds. The number of ether oxygens (including phenoxy) is 1. The third-order valence-corrected chi connectivity index (χ3v) is 3.39. The number of hydrogen-bond donors (Lipinski definition) is 0. The first kappa shape index (κ1) is 14.5. The number of methoxy groups -OCH3 is 1. The van der Waals surface area contributed by atoms with Crippen molar-refractivity contribution in [2.24, 2.45) is 11.1 Å². The van der Waals surface area contributed by atoms with Gasteiger partial charge in [-0.2, -0.15) is 0 Å². The van der Waals surface area contributed by atoms with Crippen LogP contribution in [0.3, 0.4) is 0 Å². The van der Waals surface area contributed by atoms with Gasteiger partial charge in [0.15, 0.2) is 0 Å². The summed E-state index contributed by atoms with van der Waals surface area (Å²) in [6.07, 6.45) is 2.46. The van der Waals surface area contributed by atoms with Gasteiger partial charge in [-0.05, 0) is 32.2 Å². The zero-order valence-corrected chi connectivity index (χ0v) is 11.6. The highest BCUT2D eigenvalue weighted by molar-refractivity contribution is 5.83. The average molecular weight is 242 g/mol. The summed E-state index contributed by atoms with van der Waals surface area (Å²) in [4.78, 5) is 7.89. The summed E-state index contributed by atoms with van der Waals surface area (Å²) in [5, 5.41) is 4.16. The molecule has 0 aliphatic carbocycles. The van der Waals surface area contributed by atoms with Crippen molar-refractivity contribution in [1.29, 1.82) is 0 Å². The Morgan fingerprint density at radius 3 is 2.88 bits per heavy atom. The number of oxime groups is 1. The number of likely N-dealkylation sites (tertiary alicyclic amines) is 1. The van der Waals surface area contributed by atoms with Crippen LogP contribution in [0.4, 0.5) is 0 Å². The minimum Gasteiger partial charge on any atom is -0.394 e. The molecule has 0 aromatic carbocycles. The molecule has 1 saturated heterocycles. The maximum absolute atomic E-state index is 5.46. The highest BCUT2D eigenvalue weighted by Crippen LogP contribution is 2.17. The summed E-state index contributed by atoms with van der Waals surface area (Å²) in [6.45, 7) is 9.92. The maximum atomic E-state index is 5.46. The van der Waals surface area contributed by atoms with E-state index < -0.39 is 0 Å². The van der Waals surface area contributed by atoms with Crippen LogP contribution in [-0.2, 0) is 9.57 Å². The van der Waals surface area contributed by atoms with E-state index >= 15 is 0 Å². The van der Waals surface area contributed by atoms with Crippen molar-refractivity contribution >= 4 is 5.71 Å². The molecular formula is C13H26N2O2. The highest BCUT2D eigenvalue weighted by atomic mass is 16.6. The summed E-state index contributed by atoms with van der Waals surface area (Å²) in [6, 6.07) is 0.508. The van der Waals surface area contributed by atoms with Gasteiger partial charge in [0.1, 0.15) is 6.61 Å². The number of nitrogens with zero attached hydrogens (tertiary/aromatic N) is 2. The molecule has 0 unspecified atom stereocenters. The number of rotatable bonds is 7. The summed E-state index contributed by atoms with van der Waals surface area (Å²) >= 11 is 0. The molecule has 0 spiro atoms. The molecule has 100 valence electrons. The molecule has 4 nitrogen and oxygen atoms in total. The van der Waals surface area contributed by atoms with Crippen molar-refractivity contribution in [2.75, 3.05) is 33.4 Å². The topological polar surface area (TPSA) is 34.1 Å². The van der Waals surface area contributed by atoms with Crippen molar-refractivity contribution in [3.05, 3.63) is 0 Å². The van der Waals surface area contributed by atoms with Crippen molar-refractivity contribution in [2.45, 2.75) is 39.7 Å². The lowest BCUT2D eigenvalue weighted by atomic mass is 10.1. The van der Waals surface area contributed by atoms with Gasteiger partial charge in [0.25, 0.3) is 0 Å². The quantitative estimate of drug-likeness (QED) is 0.507. The summed E-state index contributed by atoms with van der Waals surface area (Å²) in [5.41, 5.74) is 1.06. The molecule has 1 atom stereocenters. The maximum Gasteiger partial charge on any atom is 0.132 e. The zero-order chi connectivity index (χ0) is 12.7. The van der Waals surface area contributed by atoms with Gasteiger partial charge >= 0.3 is 0 Å². The van der Waals surface area contributed by atoms with Crippen LogP contribution in [0.2, 0.25) is 0 Å². The van der Waals surface area contributed by atoms with Crippen molar-refractivity contribution < 1.29 is 9.57 Å². The lowest BCUT2D eigenvalue weighted by Crippen LogP contribution is -2.35. The molecule has 0 bridgehead atoms. The van der Waals surface area contributed by atoms with Gasteiger partial charge in [0.2, 0.25) is 0 Å². The van der Waals surface area contributed by atoms with E-state index in [0.29, 0.717) is 18.6 Å². The standard InChI is InChI=1S/C13H26N2O2/c1-11(2)12(3)14-17-10-13-6-5-7-15(13)8-9-16-4/h11,13H,5-10H2,1-4H3/b14-12+/t13-/m0/s1. The van der Waals surface area contributed by atoms with Crippen LogP contribution < -0.4 is 0 Å². The van der Waals surface area contributed by atoms with Crippen LogP contribution in [0.1, 0.15) is 33.6 Å². The van der Waals surface area contributed by atoms with Crippen molar-refractivity contribution in [3.63, 3.8) is 0 Å². The van der Waals surface area contributed by atoms with Crippen LogP contribution in [0.5, 0.6) is 0 Å². The van der Waals surface area contributed by atoms with E-state index in [1.165, 1.54) is 12.8 Å². The fourth-order valence-electron chi connectivity index (χ4n) is 1.92. The molecule has 1 rings (SSSR count). The Morgan fingerprint density at radius 1 is 1.47 bits per heavy atom. The molecule has 1 heterocycles. The Labute approximate surface area is 105 Å². The van der Waals surface area contributed by atoms with Gasteiger partial charge in [-0.15, -0.1) is 0 Å². The molecule has 17 heavy (non-hydrogen) atoms. The minimum absolute atomic E-state index is 0.461. The minimum atomic E-state index is 0.461. The van der Waals surface area contributed by atoms with E-state index in [1.54, 1.807) is 7.11 Å². The van der Waals surface area contributed by atoms with E-state index in [1.807, 2.05) is 6.92 Å². The summed E-state index contributed by atoms with van der Waals surface area (Å²) in [7, 11) is 1.75. The number of hydrogen-bond acceptors (Lipinski definition) is 4. The Balaban J connectivity index is 2.28. The first-order valence-corrected chi connectivity index (χ1v) is 6.54. The first-order chi connectivity index (χ1) is 8.15. The normalized spacial score (nSPS) is 22.4. The zero-order valence-electron chi connectivity index (χ0n) is 11.6. The van der Waals surface area contributed by atoms with Gasteiger partial charge in [0.05, 0.1) is 12.3 Å². The molecule has 1 aliphatic heterocycles. The molecule has 0 radical (unpaired) electrons. The van der Waals surface area contributed by atoms with E-state index in [-0.39, 0.29) is 0 Å². The van der Waals surface area contributed by atoms with Crippen LogP contribution in [-0.4, -0.2) is 50.1 Å². The smallest absolute Gasteiger partial charge is 0.132 e. The van der Waals surface area contributed by atoms with Gasteiger partial charge in [-0.1, -0.05) is 19.0 Å². The fourth-order valence-corrected chi connectivity index (χ4v) is 1.92. The van der Waals surface area contributed by atoms with E-state index in [9.17, 15) is 0 Å². The van der Waals surface area contributed by atoms with Gasteiger partial charge in [-0.25, -0.2) is 0 Å². The summed E-state index contributed by atoms with van der Waals surface area (Å²) < 4.78 is 5.12. The monoisotopic (exact) mass is 242 g/mol. The third-order valence-electron chi connectivity index (χ3n) is 3.39. The molecule has 0 saturated carbocycles. The SMILES string of the molecule is COCCN1CCC[C@H]1CO/N=C(\C)C(C)C. The highest BCUT2D eigenvalue weighted by Gasteiger charge is 2.24. The molecule has 1 aliphatic rings. The van der Waals surface area contributed by atoms with Gasteiger partial charge < -0.3 is 9.57 Å². The molecule has 0 aromatic heterocycles. The Morgan fingerprint density at radius 2 is 2.24 bits per heavy atom. The molecule has 0 N–H and O–H groups in total. The molecule has 4 heteroatoms. The average Bonchev–Trinajstić information content (AvgIpc) is 2.73. The Hall–Kier alpha value is -0.610. The second-order valence-corrected chi connectivity index (χ2v) is 5.01. The van der Waals surface area contributed by atoms with Crippen LogP contribution in [0, 0.1) is 5.92 Å². The largest absolute Gasteiger partial charge is 0.394 e. The van der Waals surface area contributed by atoms with Crippen LogP contribution >= 0.6 is 0 Å². The van der Waals surface area contributed by atoms with E-state index in [0.717, 1.165) is 25.4 Å². The van der Waals surface area contributed by atoms with Gasteiger partial charge in [-0.3, -0.25) is 4.90 Å². The van der Waals surface area contributed by atoms with Crippen LogP contribution in [0.15, 0.2) is 5.16 Å². The van der Waals surface area contributed by atoms with Crippen molar-refractivity contribution in [1.82, 2.24) is 4.90 Å². The Bertz CT molecular complexity index is 242. The van der Waals surface area contributed by atoms with Crippen molar-refractivity contribution in [3.8, 4) is 0 Å². The second kappa shape index (κ2) is 7.67. The molecular weight excluding hydrogens is 216 g/mol. The third kappa shape index (κ3) is 5.04. The van der Waals surface area contributed by atoms with E-state index in [4.69, 9.17) is 9.57 Å².